The van der Waals surface area contributed by atoms with Crippen LogP contribution in [0.5, 0.6) is 0 Å². The zero-order valence-corrected chi connectivity index (χ0v) is 17.2. The Morgan fingerprint density at radius 3 is 1.93 bits per heavy atom. The number of rotatable bonds is 3. The molecule has 1 heteroatoms. The van der Waals surface area contributed by atoms with Crippen LogP contribution in [-0.2, 0) is 0 Å². The number of hydrogen-bond donors (Lipinski definition) is 0. The van der Waals surface area contributed by atoms with Gasteiger partial charge in [0.15, 0.2) is 0 Å². The van der Waals surface area contributed by atoms with Gasteiger partial charge in [-0.2, -0.15) is 0 Å². The summed E-state index contributed by atoms with van der Waals surface area (Å²) in [4.78, 5) is 0. The third-order valence-electron chi connectivity index (χ3n) is 5.12. The maximum atomic E-state index is 3.46. The number of fused-ring (bicyclic) bond motifs is 3. The number of nitrogens with zero attached hydrogens (tertiary/aromatic N) is 1. The van der Waals surface area contributed by atoms with Crippen LogP contribution >= 0.6 is 0 Å². The fraction of sp³-hybridized carbons (Fsp3) is 0.0345. The summed E-state index contributed by atoms with van der Waals surface area (Å²) in [6, 6.07) is 36.5. The van der Waals surface area contributed by atoms with Gasteiger partial charge in [0, 0.05) is 16.5 Å². The van der Waals surface area contributed by atoms with Crippen molar-refractivity contribution in [3.05, 3.63) is 128 Å². The second kappa shape index (κ2) is 9.11. The summed E-state index contributed by atoms with van der Waals surface area (Å²) in [7, 11) is 0. The summed E-state index contributed by atoms with van der Waals surface area (Å²) in [5.74, 6) is 0. The second-order valence-electron chi connectivity index (χ2n) is 7.05. The van der Waals surface area contributed by atoms with Gasteiger partial charge < -0.3 is 4.57 Å². The van der Waals surface area contributed by atoms with Crippen LogP contribution in [0.1, 0.15) is 6.92 Å². The van der Waals surface area contributed by atoms with E-state index in [1.54, 1.807) is 6.08 Å². The highest BCUT2D eigenvalue weighted by atomic mass is 15.0. The van der Waals surface area contributed by atoms with Gasteiger partial charge in [0.25, 0.3) is 0 Å². The lowest BCUT2D eigenvalue weighted by atomic mass is 10.0. The van der Waals surface area contributed by atoms with Crippen LogP contribution in [0.3, 0.4) is 0 Å². The van der Waals surface area contributed by atoms with Gasteiger partial charge >= 0.3 is 0 Å². The lowest BCUT2D eigenvalue weighted by molar-refractivity contribution is 1.18. The number of para-hydroxylation sites is 2. The standard InChI is InChI=1S/C24H17N.C5H8/c1-3-9-18(10-4-1)19-15-16-24-22(17-19)21-13-7-8-14-23(21)25(24)20-11-5-2-6-12-20;1-3-5-4-2/h1-17H;3-5H,1H2,2H3/b;5-4-. The van der Waals surface area contributed by atoms with Crippen LogP contribution in [-0.4, -0.2) is 4.57 Å². The molecule has 1 heterocycles. The van der Waals surface area contributed by atoms with Gasteiger partial charge in [0.1, 0.15) is 0 Å². The average molecular weight is 388 g/mol. The normalized spacial score (nSPS) is 10.8. The van der Waals surface area contributed by atoms with Gasteiger partial charge in [0.05, 0.1) is 11.0 Å². The van der Waals surface area contributed by atoms with Crippen LogP contribution in [0.25, 0.3) is 38.6 Å². The zero-order valence-electron chi connectivity index (χ0n) is 17.2. The van der Waals surface area contributed by atoms with E-state index in [-0.39, 0.29) is 0 Å². The minimum atomic E-state index is 1.20. The van der Waals surface area contributed by atoms with Gasteiger partial charge in [-0.15, -0.1) is 0 Å². The average Bonchev–Trinajstić information content (AvgIpc) is 3.15. The zero-order chi connectivity index (χ0) is 20.8. The maximum Gasteiger partial charge on any atom is 0.0541 e. The van der Waals surface area contributed by atoms with Gasteiger partial charge in [0.2, 0.25) is 0 Å². The Hall–Kier alpha value is -3.84. The molecule has 0 N–H and O–H groups in total. The van der Waals surface area contributed by atoms with Crippen LogP contribution in [0.4, 0.5) is 0 Å². The molecule has 0 spiro atoms. The van der Waals surface area contributed by atoms with Gasteiger partial charge in [-0.3, -0.25) is 0 Å². The highest BCUT2D eigenvalue weighted by Gasteiger charge is 2.12. The minimum absolute atomic E-state index is 1.20. The molecular weight excluding hydrogens is 362 g/mol. The van der Waals surface area contributed by atoms with Gasteiger partial charge in [-0.25, -0.2) is 0 Å². The van der Waals surface area contributed by atoms with E-state index in [2.05, 4.69) is 114 Å². The molecule has 0 saturated carbocycles. The molecule has 0 aliphatic carbocycles. The monoisotopic (exact) mass is 387 g/mol. The first-order chi connectivity index (χ1) is 14.8. The summed E-state index contributed by atoms with van der Waals surface area (Å²) in [6.07, 6.45) is 5.58. The summed E-state index contributed by atoms with van der Waals surface area (Å²) in [6.45, 7) is 5.42. The van der Waals surface area contributed by atoms with Crippen LogP contribution in [0.15, 0.2) is 128 Å². The molecule has 4 aromatic carbocycles. The molecule has 0 radical (unpaired) electrons. The molecule has 146 valence electrons. The van der Waals surface area contributed by atoms with Crippen LogP contribution < -0.4 is 0 Å². The summed E-state index contributed by atoms with van der Waals surface area (Å²) in [5.41, 5.74) is 6.19. The lowest BCUT2D eigenvalue weighted by Crippen LogP contribution is -1.92. The maximum absolute atomic E-state index is 3.46. The third-order valence-corrected chi connectivity index (χ3v) is 5.12. The van der Waals surface area contributed by atoms with Crippen molar-refractivity contribution in [1.82, 2.24) is 4.57 Å². The van der Waals surface area contributed by atoms with E-state index in [4.69, 9.17) is 0 Å². The van der Waals surface area contributed by atoms with Crippen LogP contribution in [0.2, 0.25) is 0 Å². The van der Waals surface area contributed by atoms with E-state index in [1.165, 1.54) is 38.6 Å². The summed E-state index contributed by atoms with van der Waals surface area (Å²) >= 11 is 0. The quantitative estimate of drug-likeness (QED) is 0.275. The molecule has 30 heavy (non-hydrogen) atoms. The predicted molar refractivity (Wildman–Crippen MR) is 131 cm³/mol. The summed E-state index contributed by atoms with van der Waals surface area (Å²) in [5, 5.41) is 2.58. The third kappa shape index (κ3) is 3.83. The Kier molecular flexibility index (Phi) is 5.91. The lowest BCUT2D eigenvalue weighted by Gasteiger charge is -2.08. The van der Waals surface area contributed by atoms with E-state index in [0.717, 1.165) is 0 Å². The molecule has 0 atom stereocenters. The van der Waals surface area contributed by atoms with Crippen molar-refractivity contribution in [2.45, 2.75) is 6.92 Å². The fourth-order valence-electron chi connectivity index (χ4n) is 3.77. The van der Waals surface area contributed by atoms with Gasteiger partial charge in [-0.1, -0.05) is 97.6 Å². The van der Waals surface area contributed by atoms with Crippen molar-refractivity contribution in [2.75, 3.05) is 0 Å². The highest BCUT2D eigenvalue weighted by molar-refractivity contribution is 6.10. The van der Waals surface area contributed by atoms with Crippen molar-refractivity contribution in [3.8, 4) is 16.8 Å². The molecule has 1 aromatic heterocycles. The van der Waals surface area contributed by atoms with Crippen molar-refractivity contribution in [2.24, 2.45) is 0 Å². The Bertz CT molecular complexity index is 1290. The Labute approximate surface area is 178 Å². The second-order valence-corrected chi connectivity index (χ2v) is 7.05. The molecule has 0 unspecified atom stereocenters. The van der Waals surface area contributed by atoms with Crippen molar-refractivity contribution in [3.63, 3.8) is 0 Å². The highest BCUT2D eigenvalue weighted by Crippen LogP contribution is 2.34. The Balaban J connectivity index is 0.000000393. The van der Waals surface area contributed by atoms with Crippen molar-refractivity contribution >= 4 is 21.8 Å². The minimum Gasteiger partial charge on any atom is -0.309 e. The first-order valence-corrected chi connectivity index (χ1v) is 10.2. The van der Waals surface area contributed by atoms with E-state index < -0.39 is 0 Å². The topological polar surface area (TPSA) is 4.93 Å². The molecule has 0 aliphatic heterocycles. The molecule has 0 fully saturated rings. The van der Waals surface area contributed by atoms with Crippen molar-refractivity contribution in [1.29, 1.82) is 0 Å². The Morgan fingerprint density at radius 2 is 1.27 bits per heavy atom. The summed E-state index contributed by atoms with van der Waals surface area (Å²) < 4.78 is 2.35. The first-order valence-electron chi connectivity index (χ1n) is 10.2. The van der Waals surface area contributed by atoms with Crippen LogP contribution in [0, 0.1) is 0 Å². The molecule has 0 aliphatic rings. The SMILES string of the molecule is C=C/C=C\C.c1ccc(-c2ccc3c(c2)c2ccccc2n3-c2ccccc2)cc1. The number of aromatic nitrogens is 1. The fourth-order valence-corrected chi connectivity index (χ4v) is 3.77. The van der Waals surface area contributed by atoms with Gasteiger partial charge in [-0.05, 0) is 48.4 Å². The molecule has 0 amide bonds. The molecule has 0 saturated heterocycles. The predicted octanol–water partition coefficient (Wildman–Crippen LogP) is 8.20. The number of benzene rings is 4. The van der Waals surface area contributed by atoms with E-state index >= 15 is 0 Å². The molecule has 5 rings (SSSR count). The first kappa shape index (κ1) is 19.5. The van der Waals surface area contributed by atoms with E-state index in [1.807, 2.05) is 19.1 Å². The number of hydrogen-bond acceptors (Lipinski definition) is 0. The molecule has 0 bridgehead atoms. The van der Waals surface area contributed by atoms with E-state index in [9.17, 15) is 0 Å². The Morgan fingerprint density at radius 1 is 0.633 bits per heavy atom. The largest absolute Gasteiger partial charge is 0.309 e. The smallest absolute Gasteiger partial charge is 0.0541 e. The molecule has 1 nitrogen and oxygen atoms in total. The molecular formula is C29H25N. The van der Waals surface area contributed by atoms with Crippen molar-refractivity contribution < 1.29 is 0 Å². The molecule has 5 aromatic rings. The number of allylic oxidation sites excluding steroid dienone is 3. The van der Waals surface area contributed by atoms with E-state index in [0.29, 0.717) is 0 Å².